The van der Waals surface area contributed by atoms with Gasteiger partial charge in [0.1, 0.15) is 0 Å². The largest absolute Gasteiger partial charge is 0.411 e. The first kappa shape index (κ1) is 12.3. The highest BCUT2D eigenvalue weighted by Gasteiger charge is 2.02. The van der Waals surface area contributed by atoms with Gasteiger partial charge >= 0.3 is 0 Å². The minimum Gasteiger partial charge on any atom is -0.411 e. The molecule has 2 aromatic rings. The van der Waals surface area contributed by atoms with Gasteiger partial charge in [-0.25, -0.2) is 0 Å². The van der Waals surface area contributed by atoms with E-state index in [4.69, 9.17) is 9.16 Å². The fraction of sp³-hybridized carbons (Fsp3) is 0.286. The van der Waals surface area contributed by atoms with Gasteiger partial charge in [0.2, 0.25) is 0 Å². The molecule has 0 aromatic heterocycles. The minimum atomic E-state index is 0.414. The molecule has 3 heteroatoms. The van der Waals surface area contributed by atoms with Crippen LogP contribution >= 0.6 is 0 Å². The number of hydrogen-bond donors (Lipinski definition) is 0. The molecule has 0 saturated heterocycles. The summed E-state index contributed by atoms with van der Waals surface area (Å²) >= 11 is 0. The number of ether oxygens (including phenoxy) is 1. The zero-order chi connectivity index (χ0) is 11.9. The Morgan fingerprint density at radius 2 is 1.82 bits per heavy atom. The Labute approximate surface area is 104 Å². The molecule has 2 rings (SSSR count). The van der Waals surface area contributed by atoms with Gasteiger partial charge in [-0.3, -0.25) is 0 Å². The molecule has 0 aliphatic rings. The molecule has 0 saturated carbocycles. The molecule has 0 atom stereocenters. The van der Waals surface area contributed by atoms with Crippen molar-refractivity contribution in [3.05, 3.63) is 42.5 Å². The Hall–Kier alpha value is -1.16. The highest BCUT2D eigenvalue weighted by molar-refractivity contribution is 6.51. The van der Waals surface area contributed by atoms with Crippen LogP contribution in [0, 0.1) is 0 Å². The number of benzene rings is 2. The molecule has 0 aliphatic carbocycles. The van der Waals surface area contributed by atoms with Crippen LogP contribution in [0.15, 0.2) is 42.5 Å². The zero-order valence-corrected chi connectivity index (χ0v) is 11.0. The van der Waals surface area contributed by atoms with Gasteiger partial charge in [0, 0.05) is 20.3 Å². The first-order valence-electron chi connectivity index (χ1n) is 5.76. The summed E-state index contributed by atoms with van der Waals surface area (Å²) in [5.74, 6) is 0. The molecule has 0 aliphatic heterocycles. The smallest absolute Gasteiger partial charge is 0.269 e. The molecule has 0 spiro atoms. The predicted molar refractivity (Wildman–Crippen MR) is 71.8 cm³/mol. The lowest BCUT2D eigenvalue weighted by molar-refractivity contribution is 0.174. The molecule has 0 bridgehead atoms. The third-order valence-corrected chi connectivity index (χ3v) is 3.57. The molecule has 0 fully saturated rings. The van der Waals surface area contributed by atoms with E-state index in [0.717, 1.165) is 19.6 Å². The molecule has 2 aromatic carbocycles. The van der Waals surface area contributed by atoms with Gasteiger partial charge in [0.15, 0.2) is 0 Å². The van der Waals surface area contributed by atoms with Gasteiger partial charge in [-0.2, -0.15) is 0 Å². The van der Waals surface area contributed by atoms with Crippen molar-refractivity contribution in [2.75, 3.05) is 20.3 Å². The predicted octanol–water partition coefficient (Wildman–Crippen LogP) is 2.14. The van der Waals surface area contributed by atoms with E-state index >= 15 is 0 Å². The molecule has 17 heavy (non-hydrogen) atoms. The number of hydrogen-bond acceptors (Lipinski definition) is 2. The average Bonchev–Trinajstić information content (AvgIpc) is 2.39. The quantitative estimate of drug-likeness (QED) is 0.572. The van der Waals surface area contributed by atoms with E-state index in [-0.39, 0.29) is 0 Å². The van der Waals surface area contributed by atoms with Gasteiger partial charge in [-0.05, 0) is 22.4 Å². The Balaban J connectivity index is 1.98. The van der Waals surface area contributed by atoms with Crippen molar-refractivity contribution in [1.82, 2.24) is 0 Å². The number of rotatable bonds is 6. The summed E-state index contributed by atoms with van der Waals surface area (Å²) < 4.78 is 10.7. The summed E-state index contributed by atoms with van der Waals surface area (Å²) in [5, 5.41) is 3.85. The van der Waals surface area contributed by atoms with Crippen molar-refractivity contribution in [3.63, 3.8) is 0 Å². The van der Waals surface area contributed by atoms with Crippen LogP contribution in [0.25, 0.3) is 10.8 Å². The SMILES string of the molecule is COCCCO[Si]c1cccc2ccccc12. The Morgan fingerprint density at radius 1 is 1.00 bits per heavy atom. The standard InChI is InChI=1S/C14H16O2Si/c1-15-10-5-11-16-17-14-9-4-7-12-6-2-3-8-13(12)14/h2-4,6-9H,5,10-11H2,1H3. The van der Waals surface area contributed by atoms with Crippen molar-refractivity contribution in [3.8, 4) is 0 Å². The maximum atomic E-state index is 5.68. The van der Waals surface area contributed by atoms with Crippen LogP contribution in [0.4, 0.5) is 0 Å². The van der Waals surface area contributed by atoms with Crippen LogP contribution in [0.5, 0.6) is 0 Å². The molecule has 2 radical (unpaired) electrons. The average molecular weight is 244 g/mol. The van der Waals surface area contributed by atoms with E-state index in [9.17, 15) is 0 Å². The zero-order valence-electron chi connectivity index (χ0n) is 9.98. The van der Waals surface area contributed by atoms with Crippen LogP contribution < -0.4 is 5.19 Å². The van der Waals surface area contributed by atoms with E-state index in [0.29, 0.717) is 9.76 Å². The normalized spacial score (nSPS) is 10.9. The summed E-state index contributed by atoms with van der Waals surface area (Å²) in [5.41, 5.74) is 0. The minimum absolute atomic E-state index is 0.414. The summed E-state index contributed by atoms with van der Waals surface area (Å²) in [6.45, 7) is 1.52. The molecule has 88 valence electrons. The number of fused-ring (bicyclic) bond motifs is 1. The van der Waals surface area contributed by atoms with E-state index in [2.05, 4.69) is 42.5 Å². The first-order valence-corrected chi connectivity index (χ1v) is 6.67. The summed E-state index contributed by atoms with van der Waals surface area (Å²) in [4.78, 5) is 0. The maximum absolute atomic E-state index is 5.68. The van der Waals surface area contributed by atoms with Crippen LogP contribution in [0.3, 0.4) is 0 Å². The van der Waals surface area contributed by atoms with Gasteiger partial charge in [-0.15, -0.1) is 0 Å². The molecular formula is C14H16O2Si. The van der Waals surface area contributed by atoms with E-state index in [1.165, 1.54) is 16.0 Å². The first-order chi connectivity index (χ1) is 8.42. The fourth-order valence-corrected chi connectivity index (χ4v) is 2.62. The van der Waals surface area contributed by atoms with Crippen molar-refractivity contribution in [1.29, 1.82) is 0 Å². The second-order valence-electron chi connectivity index (χ2n) is 3.82. The molecule has 0 heterocycles. The Kier molecular flexibility index (Phi) is 4.73. The highest BCUT2D eigenvalue weighted by atomic mass is 28.2. The third-order valence-electron chi connectivity index (χ3n) is 2.57. The van der Waals surface area contributed by atoms with E-state index < -0.39 is 0 Å². The Bertz CT molecular complexity index is 465. The van der Waals surface area contributed by atoms with Gasteiger partial charge < -0.3 is 9.16 Å². The molecule has 0 amide bonds. The summed E-state index contributed by atoms with van der Waals surface area (Å²) in [6.07, 6.45) is 0.953. The van der Waals surface area contributed by atoms with Crippen LogP contribution in [0.2, 0.25) is 0 Å². The lowest BCUT2D eigenvalue weighted by Gasteiger charge is -2.06. The van der Waals surface area contributed by atoms with Crippen LogP contribution in [-0.2, 0) is 9.16 Å². The lowest BCUT2D eigenvalue weighted by Crippen LogP contribution is -2.19. The van der Waals surface area contributed by atoms with E-state index in [1.807, 2.05) is 0 Å². The molecule has 0 unspecified atom stereocenters. The highest BCUT2D eigenvalue weighted by Crippen LogP contribution is 2.10. The lowest BCUT2D eigenvalue weighted by atomic mass is 10.1. The van der Waals surface area contributed by atoms with Gasteiger partial charge in [0.05, 0.1) is 0 Å². The van der Waals surface area contributed by atoms with E-state index in [1.54, 1.807) is 7.11 Å². The van der Waals surface area contributed by atoms with Crippen molar-refractivity contribution < 1.29 is 9.16 Å². The van der Waals surface area contributed by atoms with Gasteiger partial charge in [0.25, 0.3) is 9.76 Å². The maximum Gasteiger partial charge on any atom is 0.269 e. The monoisotopic (exact) mass is 244 g/mol. The topological polar surface area (TPSA) is 18.5 Å². The Morgan fingerprint density at radius 3 is 2.71 bits per heavy atom. The second-order valence-corrected chi connectivity index (χ2v) is 4.86. The van der Waals surface area contributed by atoms with Crippen molar-refractivity contribution >= 4 is 25.7 Å². The van der Waals surface area contributed by atoms with Gasteiger partial charge in [-0.1, -0.05) is 42.5 Å². The fourth-order valence-electron chi connectivity index (χ4n) is 1.72. The molecule has 2 nitrogen and oxygen atoms in total. The van der Waals surface area contributed by atoms with Crippen LogP contribution in [0.1, 0.15) is 6.42 Å². The summed E-state index contributed by atoms with van der Waals surface area (Å²) in [6, 6.07) is 14.8. The molecular weight excluding hydrogens is 228 g/mol. The van der Waals surface area contributed by atoms with Crippen molar-refractivity contribution in [2.24, 2.45) is 0 Å². The summed E-state index contributed by atoms with van der Waals surface area (Å²) in [7, 11) is 2.13. The third kappa shape index (κ3) is 3.39. The second kappa shape index (κ2) is 6.54. The van der Waals surface area contributed by atoms with Crippen LogP contribution in [-0.4, -0.2) is 30.1 Å². The molecule has 0 N–H and O–H groups in total. The van der Waals surface area contributed by atoms with Crippen molar-refractivity contribution in [2.45, 2.75) is 6.42 Å². The number of methoxy groups -OCH3 is 1.